The minimum Gasteiger partial charge on any atom is -0.449 e. The average Bonchev–Trinajstić information content (AvgIpc) is 2.64. The first-order chi connectivity index (χ1) is 10.1. The minimum absolute atomic E-state index is 0.150. The number of nitrogens with zero attached hydrogens (tertiary/aromatic N) is 4. The molecule has 2 heterocycles. The summed E-state index contributed by atoms with van der Waals surface area (Å²) in [4.78, 5) is 19.7. The van der Waals surface area contributed by atoms with Crippen molar-refractivity contribution >= 4 is 17.9 Å². The molecule has 0 saturated carbocycles. The number of hydrogen-bond donors (Lipinski definition) is 1. The Kier molecular flexibility index (Phi) is 3.54. The van der Waals surface area contributed by atoms with Crippen LogP contribution >= 0.6 is 11.8 Å². The fraction of sp³-hybridized carbons (Fsp3) is 0.385. The Morgan fingerprint density at radius 2 is 2.29 bits per heavy atom. The van der Waals surface area contributed by atoms with Crippen LogP contribution in [0, 0.1) is 0 Å². The number of hydrogen-bond acceptors (Lipinski definition) is 6. The second kappa shape index (κ2) is 5.36. The van der Waals surface area contributed by atoms with E-state index in [-0.39, 0.29) is 5.88 Å². The lowest BCUT2D eigenvalue weighted by Crippen LogP contribution is -2.05. The Hall–Kier alpha value is -2.09. The van der Waals surface area contributed by atoms with E-state index < -0.39 is 6.16 Å². The predicted octanol–water partition coefficient (Wildman–Crippen LogP) is 2.14. The maximum absolute atomic E-state index is 10.8. The van der Waals surface area contributed by atoms with Crippen molar-refractivity contribution in [3.8, 4) is 17.3 Å². The molecule has 0 atom stereocenters. The van der Waals surface area contributed by atoms with Gasteiger partial charge in [-0.05, 0) is 31.1 Å². The zero-order valence-corrected chi connectivity index (χ0v) is 12.5. The first kappa shape index (κ1) is 13.9. The van der Waals surface area contributed by atoms with Gasteiger partial charge in [0.25, 0.3) is 0 Å². The van der Waals surface area contributed by atoms with Gasteiger partial charge in [0.15, 0.2) is 5.16 Å². The highest BCUT2D eigenvalue weighted by atomic mass is 32.2. The van der Waals surface area contributed by atoms with Crippen molar-refractivity contribution < 1.29 is 14.6 Å². The predicted molar refractivity (Wildman–Crippen MR) is 76.7 cm³/mol. The van der Waals surface area contributed by atoms with Crippen LogP contribution in [0.15, 0.2) is 11.4 Å². The monoisotopic (exact) mass is 306 g/mol. The summed E-state index contributed by atoms with van der Waals surface area (Å²) in [7, 11) is 1.77. The van der Waals surface area contributed by atoms with Crippen molar-refractivity contribution in [3.05, 3.63) is 17.3 Å². The van der Waals surface area contributed by atoms with Crippen molar-refractivity contribution in [2.75, 3.05) is 6.26 Å². The molecule has 0 radical (unpaired) electrons. The van der Waals surface area contributed by atoms with Gasteiger partial charge >= 0.3 is 6.16 Å². The quantitative estimate of drug-likeness (QED) is 0.516. The van der Waals surface area contributed by atoms with Crippen molar-refractivity contribution in [2.24, 2.45) is 7.05 Å². The molecule has 2 aromatic rings. The summed E-state index contributed by atoms with van der Waals surface area (Å²) in [5.41, 5.74) is 3.48. The Bertz CT molecular complexity index is 714. The first-order valence-corrected chi connectivity index (χ1v) is 7.69. The van der Waals surface area contributed by atoms with E-state index in [0.717, 1.165) is 35.4 Å². The van der Waals surface area contributed by atoms with Crippen LogP contribution in [0.2, 0.25) is 0 Å². The average molecular weight is 306 g/mol. The molecule has 0 unspecified atom stereocenters. The molecular formula is C13H14N4O3S. The van der Waals surface area contributed by atoms with E-state index in [1.807, 2.05) is 12.5 Å². The van der Waals surface area contributed by atoms with Gasteiger partial charge in [-0.3, -0.25) is 4.68 Å². The molecular weight excluding hydrogens is 292 g/mol. The standard InChI is InChI=1S/C13H14N4O3S/c1-17-10-8(11(16-17)20-13(18)19)5-3-4-7-6-14-12(21-2)15-9(7)10/h6H,3-5H2,1-2H3,(H,18,19). The summed E-state index contributed by atoms with van der Waals surface area (Å²) in [5.74, 6) is 0.150. The van der Waals surface area contributed by atoms with Gasteiger partial charge in [0.05, 0.1) is 11.4 Å². The highest BCUT2D eigenvalue weighted by Gasteiger charge is 2.26. The van der Waals surface area contributed by atoms with Gasteiger partial charge in [-0.1, -0.05) is 11.8 Å². The Morgan fingerprint density at radius 3 is 3.00 bits per heavy atom. The van der Waals surface area contributed by atoms with Gasteiger partial charge < -0.3 is 9.84 Å². The molecule has 0 spiro atoms. The van der Waals surface area contributed by atoms with Gasteiger partial charge in [-0.25, -0.2) is 14.8 Å². The number of fused-ring (bicyclic) bond motifs is 3. The number of thioether (sulfide) groups is 1. The lowest BCUT2D eigenvalue weighted by molar-refractivity contribution is 0.142. The van der Waals surface area contributed by atoms with Crippen molar-refractivity contribution in [1.82, 2.24) is 19.7 Å². The third kappa shape index (κ3) is 2.46. The van der Waals surface area contributed by atoms with Gasteiger partial charge in [-0.15, -0.1) is 5.10 Å². The smallest absolute Gasteiger partial charge is 0.449 e. The van der Waals surface area contributed by atoms with E-state index in [9.17, 15) is 4.79 Å². The SMILES string of the molecule is CSc1ncc2c(n1)-c1c(c(OC(=O)O)nn1C)CCC2. The molecule has 8 heteroatoms. The second-order valence-corrected chi connectivity index (χ2v) is 5.48. The number of ether oxygens (including phenoxy) is 1. The summed E-state index contributed by atoms with van der Waals surface area (Å²) >= 11 is 1.47. The fourth-order valence-corrected chi connectivity index (χ4v) is 2.90. The minimum atomic E-state index is -1.35. The molecule has 1 aliphatic carbocycles. The lowest BCUT2D eigenvalue weighted by atomic mass is 10.1. The van der Waals surface area contributed by atoms with Gasteiger partial charge in [0.1, 0.15) is 0 Å². The third-order valence-electron chi connectivity index (χ3n) is 3.41. The van der Waals surface area contributed by atoms with Gasteiger partial charge in [0, 0.05) is 18.8 Å². The van der Waals surface area contributed by atoms with E-state index in [1.54, 1.807) is 11.7 Å². The van der Waals surface area contributed by atoms with E-state index in [1.165, 1.54) is 11.8 Å². The largest absolute Gasteiger partial charge is 0.512 e. The summed E-state index contributed by atoms with van der Waals surface area (Å²) in [6.45, 7) is 0. The number of carbonyl (C=O) groups is 1. The van der Waals surface area contributed by atoms with Crippen LogP contribution in [0.1, 0.15) is 17.5 Å². The maximum Gasteiger partial charge on any atom is 0.512 e. The van der Waals surface area contributed by atoms with E-state index in [0.29, 0.717) is 11.6 Å². The fourth-order valence-electron chi connectivity index (χ4n) is 2.56. The van der Waals surface area contributed by atoms with Crippen LogP contribution in [-0.2, 0) is 19.9 Å². The Balaban J connectivity index is 2.19. The lowest BCUT2D eigenvalue weighted by Gasteiger charge is -2.07. The molecule has 110 valence electrons. The number of aromatic nitrogens is 4. The molecule has 1 N–H and O–H groups in total. The van der Waals surface area contributed by atoms with Crippen LogP contribution in [-0.4, -0.2) is 37.3 Å². The van der Waals surface area contributed by atoms with Crippen LogP contribution in [0.25, 0.3) is 11.4 Å². The number of carboxylic acid groups (broad SMARTS) is 1. The number of aryl methyl sites for hydroxylation is 2. The topological polar surface area (TPSA) is 90.1 Å². The van der Waals surface area contributed by atoms with Crippen LogP contribution in [0.4, 0.5) is 4.79 Å². The van der Waals surface area contributed by atoms with Crippen molar-refractivity contribution in [2.45, 2.75) is 24.4 Å². The Labute approximate surface area is 125 Å². The molecule has 21 heavy (non-hydrogen) atoms. The maximum atomic E-state index is 10.8. The summed E-state index contributed by atoms with van der Waals surface area (Å²) in [6, 6.07) is 0. The van der Waals surface area contributed by atoms with E-state index in [4.69, 9.17) is 9.84 Å². The Morgan fingerprint density at radius 1 is 1.48 bits per heavy atom. The first-order valence-electron chi connectivity index (χ1n) is 6.47. The molecule has 3 rings (SSSR count). The summed E-state index contributed by atoms with van der Waals surface area (Å²) < 4.78 is 6.43. The molecule has 0 aliphatic heterocycles. The summed E-state index contributed by atoms with van der Waals surface area (Å²) in [5, 5.41) is 13.7. The van der Waals surface area contributed by atoms with Crippen LogP contribution in [0.5, 0.6) is 5.88 Å². The molecule has 1 aliphatic rings. The third-order valence-corrected chi connectivity index (χ3v) is 3.98. The molecule has 0 fully saturated rings. The van der Waals surface area contributed by atoms with Crippen LogP contribution in [0.3, 0.4) is 0 Å². The molecule has 0 bridgehead atoms. The molecule has 0 saturated heterocycles. The zero-order chi connectivity index (χ0) is 15.0. The molecule has 2 aromatic heterocycles. The second-order valence-electron chi connectivity index (χ2n) is 4.71. The summed E-state index contributed by atoms with van der Waals surface area (Å²) in [6.07, 6.45) is 4.84. The molecule has 0 amide bonds. The number of rotatable bonds is 2. The van der Waals surface area contributed by atoms with Crippen molar-refractivity contribution in [3.63, 3.8) is 0 Å². The highest BCUT2D eigenvalue weighted by Crippen LogP contribution is 2.36. The highest BCUT2D eigenvalue weighted by molar-refractivity contribution is 7.98. The van der Waals surface area contributed by atoms with Gasteiger partial charge in [0.2, 0.25) is 5.88 Å². The molecule has 0 aromatic carbocycles. The van der Waals surface area contributed by atoms with E-state index in [2.05, 4.69) is 15.1 Å². The normalized spacial score (nSPS) is 13.2. The zero-order valence-electron chi connectivity index (χ0n) is 11.7. The van der Waals surface area contributed by atoms with Crippen molar-refractivity contribution in [1.29, 1.82) is 0 Å². The van der Waals surface area contributed by atoms with Gasteiger partial charge in [-0.2, -0.15) is 0 Å². The molecule has 7 nitrogen and oxygen atoms in total. The van der Waals surface area contributed by atoms with Crippen LogP contribution < -0.4 is 4.74 Å². The van der Waals surface area contributed by atoms with E-state index >= 15 is 0 Å².